The van der Waals surface area contributed by atoms with E-state index in [1.54, 1.807) is 12.3 Å². The first kappa shape index (κ1) is 13.7. The molecule has 0 radical (unpaired) electrons. The zero-order valence-electron chi connectivity index (χ0n) is 12.2. The summed E-state index contributed by atoms with van der Waals surface area (Å²) in [5, 5.41) is 3.97. The molecule has 1 aromatic carbocycles. The van der Waals surface area contributed by atoms with Crippen LogP contribution < -0.4 is 10.2 Å². The van der Waals surface area contributed by atoms with Crippen LogP contribution >= 0.6 is 11.6 Å². The third-order valence-electron chi connectivity index (χ3n) is 3.98. The number of oxazole rings is 1. The molecule has 3 heterocycles. The number of fused-ring (bicyclic) bond motifs is 1. The van der Waals surface area contributed by atoms with Gasteiger partial charge in [0.15, 0.2) is 5.58 Å². The number of piperazine rings is 1. The first-order valence-corrected chi connectivity index (χ1v) is 7.71. The van der Waals surface area contributed by atoms with Gasteiger partial charge < -0.3 is 19.1 Å². The van der Waals surface area contributed by atoms with Gasteiger partial charge in [-0.2, -0.15) is 4.98 Å². The lowest BCUT2D eigenvalue weighted by Gasteiger charge is -2.32. The highest BCUT2D eigenvalue weighted by atomic mass is 35.5. The van der Waals surface area contributed by atoms with Gasteiger partial charge in [-0.15, -0.1) is 0 Å². The number of hydrogen-bond donors (Lipinski definition) is 1. The summed E-state index contributed by atoms with van der Waals surface area (Å²) >= 11 is 6.21. The van der Waals surface area contributed by atoms with Crippen molar-refractivity contribution in [3.8, 4) is 11.3 Å². The standard InChI is InChI=1S/C16H16ClN3O2/c1-10-9-18-4-5-20(10)16-19-15-12(13-3-2-6-21-13)7-11(17)8-14(15)22-16/h2-3,6-8,10,18H,4-5,9H2,1H3/t10-/m0/s1. The Labute approximate surface area is 132 Å². The lowest BCUT2D eigenvalue weighted by Crippen LogP contribution is -2.50. The summed E-state index contributed by atoms with van der Waals surface area (Å²) in [6, 6.07) is 8.38. The SMILES string of the molecule is C[C@H]1CNCCN1c1nc2c(-c3ccco3)cc(Cl)cc2o1. The molecule has 1 atom stereocenters. The van der Waals surface area contributed by atoms with Gasteiger partial charge in [0.1, 0.15) is 11.3 Å². The van der Waals surface area contributed by atoms with Crippen LogP contribution in [-0.4, -0.2) is 30.7 Å². The normalized spacial score (nSPS) is 19.0. The number of rotatable bonds is 2. The molecule has 0 saturated carbocycles. The van der Waals surface area contributed by atoms with E-state index in [0.717, 1.165) is 36.5 Å². The molecule has 114 valence electrons. The van der Waals surface area contributed by atoms with E-state index in [4.69, 9.17) is 25.4 Å². The molecule has 2 aromatic heterocycles. The minimum atomic E-state index is 0.337. The van der Waals surface area contributed by atoms with Crippen molar-refractivity contribution in [3.63, 3.8) is 0 Å². The van der Waals surface area contributed by atoms with E-state index in [0.29, 0.717) is 22.7 Å². The predicted molar refractivity (Wildman–Crippen MR) is 86.4 cm³/mol. The van der Waals surface area contributed by atoms with Crippen molar-refractivity contribution >= 4 is 28.7 Å². The number of benzene rings is 1. The maximum absolute atomic E-state index is 6.21. The fourth-order valence-electron chi connectivity index (χ4n) is 2.85. The van der Waals surface area contributed by atoms with Gasteiger partial charge in [0.25, 0.3) is 6.01 Å². The Balaban J connectivity index is 1.85. The Morgan fingerprint density at radius 3 is 3.09 bits per heavy atom. The fraction of sp³-hybridized carbons (Fsp3) is 0.312. The number of nitrogens with one attached hydrogen (secondary N) is 1. The Kier molecular flexibility index (Phi) is 3.32. The van der Waals surface area contributed by atoms with Crippen molar-refractivity contribution in [1.29, 1.82) is 0 Å². The van der Waals surface area contributed by atoms with E-state index in [1.807, 2.05) is 18.2 Å². The van der Waals surface area contributed by atoms with Crippen molar-refractivity contribution in [2.75, 3.05) is 24.5 Å². The van der Waals surface area contributed by atoms with Crippen molar-refractivity contribution in [1.82, 2.24) is 10.3 Å². The van der Waals surface area contributed by atoms with Crippen molar-refractivity contribution in [3.05, 3.63) is 35.6 Å². The van der Waals surface area contributed by atoms with Crippen LogP contribution in [0.25, 0.3) is 22.4 Å². The molecule has 3 aromatic rings. The molecule has 1 fully saturated rings. The Morgan fingerprint density at radius 2 is 2.32 bits per heavy atom. The Bertz CT molecular complexity index is 797. The largest absolute Gasteiger partial charge is 0.464 e. The van der Waals surface area contributed by atoms with Crippen LogP contribution in [-0.2, 0) is 0 Å². The van der Waals surface area contributed by atoms with Crippen molar-refractivity contribution in [2.45, 2.75) is 13.0 Å². The maximum atomic E-state index is 6.21. The molecule has 1 saturated heterocycles. The average molecular weight is 318 g/mol. The molecular formula is C16H16ClN3O2. The van der Waals surface area contributed by atoms with Crippen LogP contribution in [0.4, 0.5) is 6.01 Å². The number of halogens is 1. The van der Waals surface area contributed by atoms with Gasteiger partial charge in [-0.3, -0.25) is 0 Å². The van der Waals surface area contributed by atoms with Crippen LogP contribution in [0, 0.1) is 0 Å². The van der Waals surface area contributed by atoms with Crippen molar-refractivity contribution in [2.24, 2.45) is 0 Å². The molecule has 1 aliphatic rings. The van der Waals surface area contributed by atoms with Crippen LogP contribution in [0.5, 0.6) is 0 Å². The van der Waals surface area contributed by atoms with Gasteiger partial charge in [0.05, 0.1) is 6.26 Å². The summed E-state index contributed by atoms with van der Waals surface area (Å²) < 4.78 is 11.5. The molecule has 22 heavy (non-hydrogen) atoms. The van der Waals surface area contributed by atoms with E-state index in [1.165, 1.54) is 0 Å². The molecule has 0 unspecified atom stereocenters. The number of hydrogen-bond acceptors (Lipinski definition) is 5. The summed E-state index contributed by atoms with van der Waals surface area (Å²) in [6.07, 6.45) is 1.64. The quantitative estimate of drug-likeness (QED) is 0.783. The average Bonchev–Trinajstić information content (AvgIpc) is 3.15. The van der Waals surface area contributed by atoms with E-state index >= 15 is 0 Å². The molecule has 6 heteroatoms. The second-order valence-electron chi connectivity index (χ2n) is 5.52. The zero-order valence-corrected chi connectivity index (χ0v) is 12.9. The van der Waals surface area contributed by atoms with Gasteiger partial charge in [-0.05, 0) is 25.1 Å². The smallest absolute Gasteiger partial charge is 0.298 e. The summed E-state index contributed by atoms with van der Waals surface area (Å²) in [5.74, 6) is 0.737. The third-order valence-corrected chi connectivity index (χ3v) is 4.20. The number of furan rings is 1. The van der Waals surface area contributed by atoms with Gasteiger partial charge in [-0.1, -0.05) is 11.6 Å². The van der Waals surface area contributed by atoms with Gasteiger partial charge in [-0.25, -0.2) is 0 Å². The Morgan fingerprint density at radius 1 is 1.41 bits per heavy atom. The maximum Gasteiger partial charge on any atom is 0.298 e. The minimum absolute atomic E-state index is 0.337. The summed E-state index contributed by atoms with van der Waals surface area (Å²) in [4.78, 5) is 6.87. The summed E-state index contributed by atoms with van der Waals surface area (Å²) in [5.41, 5.74) is 2.31. The zero-order chi connectivity index (χ0) is 15.1. The highest BCUT2D eigenvalue weighted by molar-refractivity contribution is 6.31. The highest BCUT2D eigenvalue weighted by Gasteiger charge is 2.24. The first-order valence-electron chi connectivity index (χ1n) is 7.34. The summed E-state index contributed by atoms with van der Waals surface area (Å²) in [7, 11) is 0. The van der Waals surface area contributed by atoms with Gasteiger partial charge in [0, 0.05) is 42.3 Å². The molecule has 0 amide bonds. The highest BCUT2D eigenvalue weighted by Crippen LogP contribution is 2.34. The second-order valence-corrected chi connectivity index (χ2v) is 5.96. The fourth-order valence-corrected chi connectivity index (χ4v) is 3.06. The number of nitrogens with zero attached hydrogens (tertiary/aromatic N) is 2. The van der Waals surface area contributed by atoms with Crippen LogP contribution in [0.15, 0.2) is 39.4 Å². The topological polar surface area (TPSA) is 54.4 Å². The van der Waals surface area contributed by atoms with E-state index in [2.05, 4.69) is 17.1 Å². The lowest BCUT2D eigenvalue weighted by molar-refractivity contribution is 0.456. The van der Waals surface area contributed by atoms with Gasteiger partial charge in [0.2, 0.25) is 0 Å². The molecule has 0 bridgehead atoms. The molecule has 5 nitrogen and oxygen atoms in total. The van der Waals surface area contributed by atoms with Crippen LogP contribution in [0.3, 0.4) is 0 Å². The molecule has 1 N–H and O–H groups in total. The summed E-state index contributed by atoms with van der Waals surface area (Å²) in [6.45, 7) is 4.87. The van der Waals surface area contributed by atoms with Crippen molar-refractivity contribution < 1.29 is 8.83 Å². The number of anilines is 1. The molecule has 1 aliphatic heterocycles. The van der Waals surface area contributed by atoms with Gasteiger partial charge >= 0.3 is 0 Å². The molecule has 0 aliphatic carbocycles. The van der Waals surface area contributed by atoms with E-state index in [9.17, 15) is 0 Å². The molecule has 0 spiro atoms. The van der Waals surface area contributed by atoms with Crippen LogP contribution in [0.2, 0.25) is 5.02 Å². The lowest BCUT2D eigenvalue weighted by atomic mass is 10.1. The Hall–Kier alpha value is -1.98. The monoisotopic (exact) mass is 317 g/mol. The number of aromatic nitrogens is 1. The second kappa shape index (κ2) is 5.34. The molecule has 4 rings (SSSR count). The van der Waals surface area contributed by atoms with Crippen LogP contribution in [0.1, 0.15) is 6.92 Å². The first-order chi connectivity index (χ1) is 10.7. The van der Waals surface area contributed by atoms with E-state index in [-0.39, 0.29) is 0 Å². The minimum Gasteiger partial charge on any atom is -0.464 e. The molecular weight excluding hydrogens is 302 g/mol. The third kappa shape index (κ3) is 2.26. The predicted octanol–water partition coefficient (Wildman–Crippen LogP) is 3.54. The van der Waals surface area contributed by atoms with E-state index < -0.39 is 0 Å².